The Bertz CT molecular complexity index is 487. The molecule has 3 heteroatoms. The number of halogens is 1. The molecule has 15 heavy (non-hydrogen) atoms. The van der Waals surface area contributed by atoms with Crippen molar-refractivity contribution in [1.82, 2.24) is 5.32 Å². The van der Waals surface area contributed by atoms with Gasteiger partial charge in [-0.05, 0) is 37.1 Å². The normalized spacial score (nSPS) is 16.1. The van der Waals surface area contributed by atoms with Crippen LogP contribution in [0.2, 0.25) is 0 Å². The average Bonchev–Trinajstić information content (AvgIpc) is 2.95. The molecule has 0 unspecified atom stereocenters. The smallest absolute Gasteiger partial charge is 0.134 e. The first-order valence-electron chi connectivity index (χ1n) is 5.22. The van der Waals surface area contributed by atoms with E-state index < -0.39 is 0 Å². The maximum atomic E-state index is 12.9. The molecule has 0 aliphatic heterocycles. The highest BCUT2D eigenvalue weighted by atomic mass is 19.1. The van der Waals surface area contributed by atoms with Crippen LogP contribution in [0.5, 0.6) is 0 Å². The predicted octanol–water partition coefficient (Wildman–Crippen LogP) is 2.82. The fourth-order valence-corrected chi connectivity index (χ4v) is 1.69. The predicted molar refractivity (Wildman–Crippen MR) is 56.0 cm³/mol. The van der Waals surface area contributed by atoms with Crippen molar-refractivity contribution in [3.8, 4) is 0 Å². The summed E-state index contributed by atoms with van der Waals surface area (Å²) in [5.41, 5.74) is 0.754. The van der Waals surface area contributed by atoms with Crippen LogP contribution in [0.15, 0.2) is 28.7 Å². The molecule has 0 atom stereocenters. The highest BCUT2D eigenvalue weighted by Gasteiger charge is 2.20. The molecular formula is C12H12FNO. The summed E-state index contributed by atoms with van der Waals surface area (Å²) >= 11 is 0. The number of nitrogens with one attached hydrogen (secondary N) is 1. The first-order chi connectivity index (χ1) is 7.31. The topological polar surface area (TPSA) is 25.2 Å². The van der Waals surface area contributed by atoms with Gasteiger partial charge < -0.3 is 9.73 Å². The van der Waals surface area contributed by atoms with Crippen LogP contribution in [-0.2, 0) is 6.54 Å². The second-order valence-corrected chi connectivity index (χ2v) is 4.05. The van der Waals surface area contributed by atoms with Crippen molar-refractivity contribution in [2.24, 2.45) is 0 Å². The zero-order valence-electron chi connectivity index (χ0n) is 8.29. The first kappa shape index (κ1) is 8.92. The standard InChI is InChI=1S/C12H12FNO/c13-9-1-4-12-8(5-9)6-11(15-12)7-14-10-2-3-10/h1,4-6,10,14H,2-3,7H2. The second kappa shape index (κ2) is 3.35. The summed E-state index contributed by atoms with van der Waals surface area (Å²) < 4.78 is 18.5. The fraction of sp³-hybridized carbons (Fsp3) is 0.333. The lowest BCUT2D eigenvalue weighted by Crippen LogP contribution is -2.14. The zero-order chi connectivity index (χ0) is 10.3. The van der Waals surface area contributed by atoms with E-state index >= 15 is 0 Å². The van der Waals surface area contributed by atoms with E-state index in [2.05, 4.69) is 5.32 Å². The highest BCUT2D eigenvalue weighted by molar-refractivity contribution is 5.77. The van der Waals surface area contributed by atoms with Crippen LogP contribution in [0.3, 0.4) is 0 Å². The number of hydrogen-bond acceptors (Lipinski definition) is 2. The van der Waals surface area contributed by atoms with Crippen molar-refractivity contribution in [2.45, 2.75) is 25.4 Å². The molecule has 0 radical (unpaired) electrons. The van der Waals surface area contributed by atoms with Crippen LogP contribution in [0.1, 0.15) is 18.6 Å². The molecule has 2 aromatic rings. The zero-order valence-corrected chi connectivity index (χ0v) is 8.29. The van der Waals surface area contributed by atoms with Crippen LogP contribution in [0.25, 0.3) is 11.0 Å². The quantitative estimate of drug-likeness (QED) is 0.833. The summed E-state index contributed by atoms with van der Waals surface area (Å²) in [5, 5.41) is 4.20. The maximum Gasteiger partial charge on any atom is 0.134 e. The van der Waals surface area contributed by atoms with Crippen molar-refractivity contribution in [3.05, 3.63) is 35.8 Å². The fourth-order valence-electron chi connectivity index (χ4n) is 1.69. The molecule has 1 N–H and O–H groups in total. The Hall–Kier alpha value is -1.35. The van der Waals surface area contributed by atoms with Gasteiger partial charge in [-0.15, -0.1) is 0 Å². The summed E-state index contributed by atoms with van der Waals surface area (Å²) in [5.74, 6) is 0.660. The van der Waals surface area contributed by atoms with Gasteiger partial charge in [0.15, 0.2) is 0 Å². The van der Waals surface area contributed by atoms with Gasteiger partial charge in [0.25, 0.3) is 0 Å². The van der Waals surface area contributed by atoms with Gasteiger partial charge >= 0.3 is 0 Å². The molecule has 78 valence electrons. The molecule has 2 nitrogen and oxygen atoms in total. The summed E-state index contributed by atoms with van der Waals surface area (Å²) in [4.78, 5) is 0. The van der Waals surface area contributed by atoms with Crippen LogP contribution >= 0.6 is 0 Å². The SMILES string of the molecule is Fc1ccc2oc(CNC3CC3)cc2c1. The first-order valence-corrected chi connectivity index (χ1v) is 5.22. The third kappa shape index (κ3) is 1.88. The molecule has 1 aliphatic carbocycles. The molecule has 1 aromatic carbocycles. The number of rotatable bonds is 3. The summed E-state index contributed by atoms with van der Waals surface area (Å²) in [6, 6.07) is 7.15. The van der Waals surface area contributed by atoms with Crippen LogP contribution in [0, 0.1) is 5.82 Å². The lowest BCUT2D eigenvalue weighted by molar-refractivity contribution is 0.512. The van der Waals surface area contributed by atoms with Gasteiger partial charge in [-0.3, -0.25) is 0 Å². The van der Waals surface area contributed by atoms with E-state index in [1.807, 2.05) is 6.07 Å². The Morgan fingerprint density at radius 2 is 2.20 bits per heavy atom. The third-order valence-electron chi connectivity index (χ3n) is 2.67. The van der Waals surface area contributed by atoms with Crippen molar-refractivity contribution < 1.29 is 8.81 Å². The number of furan rings is 1. The van der Waals surface area contributed by atoms with E-state index in [-0.39, 0.29) is 5.82 Å². The largest absolute Gasteiger partial charge is 0.460 e. The Morgan fingerprint density at radius 1 is 1.33 bits per heavy atom. The van der Waals surface area contributed by atoms with Gasteiger partial charge in [-0.1, -0.05) is 0 Å². The van der Waals surface area contributed by atoms with Crippen molar-refractivity contribution in [3.63, 3.8) is 0 Å². The van der Waals surface area contributed by atoms with Crippen molar-refractivity contribution in [2.75, 3.05) is 0 Å². The van der Waals surface area contributed by atoms with Crippen molar-refractivity contribution in [1.29, 1.82) is 0 Å². The molecule has 0 saturated heterocycles. The van der Waals surface area contributed by atoms with Crippen molar-refractivity contribution >= 4 is 11.0 Å². The average molecular weight is 205 g/mol. The lowest BCUT2D eigenvalue weighted by Gasteiger charge is -1.96. The minimum Gasteiger partial charge on any atom is -0.460 e. The Balaban J connectivity index is 1.84. The Morgan fingerprint density at radius 3 is 3.00 bits per heavy atom. The van der Waals surface area contributed by atoms with Crippen LogP contribution in [-0.4, -0.2) is 6.04 Å². The molecule has 3 rings (SSSR count). The molecular weight excluding hydrogens is 193 g/mol. The molecule has 1 heterocycles. The van der Waals surface area contributed by atoms with E-state index in [0.717, 1.165) is 23.3 Å². The van der Waals surface area contributed by atoms with E-state index in [1.165, 1.54) is 25.0 Å². The molecule has 1 fully saturated rings. The maximum absolute atomic E-state index is 12.9. The van der Waals surface area contributed by atoms with E-state index in [9.17, 15) is 4.39 Å². The number of fused-ring (bicyclic) bond motifs is 1. The molecule has 1 aromatic heterocycles. The van der Waals surface area contributed by atoms with Gasteiger partial charge in [0, 0.05) is 11.4 Å². The monoisotopic (exact) mass is 205 g/mol. The minimum atomic E-state index is -0.218. The van der Waals surface area contributed by atoms with E-state index in [1.54, 1.807) is 6.07 Å². The van der Waals surface area contributed by atoms with Crippen LogP contribution in [0.4, 0.5) is 4.39 Å². The van der Waals surface area contributed by atoms with E-state index in [4.69, 9.17) is 4.42 Å². The van der Waals surface area contributed by atoms with Gasteiger partial charge in [0.2, 0.25) is 0 Å². The van der Waals surface area contributed by atoms with Gasteiger partial charge in [0.1, 0.15) is 17.2 Å². The highest BCUT2D eigenvalue weighted by Crippen LogP contribution is 2.22. The summed E-state index contributed by atoms with van der Waals surface area (Å²) in [6.07, 6.45) is 2.52. The molecule has 0 bridgehead atoms. The summed E-state index contributed by atoms with van der Waals surface area (Å²) in [6.45, 7) is 0.737. The summed E-state index contributed by atoms with van der Waals surface area (Å²) in [7, 11) is 0. The molecule has 1 aliphatic rings. The van der Waals surface area contributed by atoms with Gasteiger partial charge in [-0.2, -0.15) is 0 Å². The number of hydrogen-bond donors (Lipinski definition) is 1. The third-order valence-corrected chi connectivity index (χ3v) is 2.67. The second-order valence-electron chi connectivity index (χ2n) is 4.05. The molecule has 0 spiro atoms. The van der Waals surface area contributed by atoms with Gasteiger partial charge in [0.05, 0.1) is 6.54 Å². The van der Waals surface area contributed by atoms with Crippen LogP contribution < -0.4 is 5.32 Å². The van der Waals surface area contributed by atoms with E-state index in [0.29, 0.717) is 6.04 Å². The lowest BCUT2D eigenvalue weighted by atomic mass is 10.2. The number of benzene rings is 1. The van der Waals surface area contributed by atoms with Gasteiger partial charge in [-0.25, -0.2) is 4.39 Å². The minimum absolute atomic E-state index is 0.218. The Kier molecular flexibility index (Phi) is 1.99. The molecule has 0 amide bonds. The molecule has 1 saturated carbocycles. The Labute approximate surface area is 87.1 Å².